The lowest BCUT2D eigenvalue weighted by Gasteiger charge is -2.11. The second kappa shape index (κ2) is 3.10. The minimum Gasteiger partial charge on any atom is -0.292 e. The van der Waals surface area contributed by atoms with E-state index < -0.39 is 0 Å². The van der Waals surface area contributed by atoms with Crippen molar-refractivity contribution in [2.75, 3.05) is 0 Å². The van der Waals surface area contributed by atoms with Crippen molar-refractivity contribution in [3.63, 3.8) is 0 Å². The Balaban J connectivity index is 2.39. The molecule has 12 heavy (non-hydrogen) atoms. The van der Waals surface area contributed by atoms with E-state index in [2.05, 4.69) is 30.1 Å². The molecule has 0 aromatic heterocycles. The van der Waals surface area contributed by atoms with Crippen molar-refractivity contribution in [1.29, 1.82) is 0 Å². The number of aryl methyl sites for hydroxylation is 1. The molecule has 0 aliphatic carbocycles. The van der Waals surface area contributed by atoms with Crippen molar-refractivity contribution >= 4 is 6.21 Å². The van der Waals surface area contributed by atoms with Crippen molar-refractivity contribution in [2.45, 2.75) is 26.3 Å². The topological polar surface area (TPSA) is 12.4 Å². The van der Waals surface area contributed by atoms with E-state index in [1.165, 1.54) is 16.7 Å². The fraction of sp³-hybridized carbons (Fsp3) is 0.364. The molecule has 0 fully saturated rings. The third-order valence-corrected chi connectivity index (χ3v) is 2.38. The minimum absolute atomic E-state index is 0.878. The van der Waals surface area contributed by atoms with Gasteiger partial charge in [-0.3, -0.25) is 4.99 Å². The van der Waals surface area contributed by atoms with Gasteiger partial charge in [-0.05, 0) is 23.1 Å². The van der Waals surface area contributed by atoms with Gasteiger partial charge in [0.05, 0.1) is 6.54 Å². The summed E-state index contributed by atoms with van der Waals surface area (Å²) in [7, 11) is 0. The SMILES string of the molecule is CCc1ccc2c(c1)CN=CC2. The van der Waals surface area contributed by atoms with Crippen LogP contribution >= 0.6 is 0 Å². The molecular weight excluding hydrogens is 146 g/mol. The monoisotopic (exact) mass is 159 g/mol. The van der Waals surface area contributed by atoms with Crippen molar-refractivity contribution in [2.24, 2.45) is 4.99 Å². The lowest BCUT2D eigenvalue weighted by Crippen LogP contribution is -2.01. The predicted octanol–water partition coefficient (Wildman–Crippen LogP) is 2.38. The molecule has 0 N–H and O–H groups in total. The van der Waals surface area contributed by atoms with Crippen molar-refractivity contribution in [3.8, 4) is 0 Å². The summed E-state index contributed by atoms with van der Waals surface area (Å²) in [6.07, 6.45) is 4.14. The molecule has 2 rings (SSSR count). The molecule has 1 aromatic rings. The standard InChI is InChI=1S/C11H13N/c1-2-9-3-4-10-5-6-12-8-11(10)7-9/h3-4,6-7H,2,5,8H2,1H3. The first kappa shape index (κ1) is 7.53. The van der Waals surface area contributed by atoms with Crippen LogP contribution < -0.4 is 0 Å². The Bertz CT molecular complexity index is 313. The molecular formula is C11H13N. The first-order valence-corrected chi connectivity index (χ1v) is 4.49. The third kappa shape index (κ3) is 1.27. The Morgan fingerprint density at radius 3 is 3.08 bits per heavy atom. The molecule has 62 valence electrons. The molecule has 1 aliphatic heterocycles. The van der Waals surface area contributed by atoms with Crippen LogP contribution in [0.15, 0.2) is 23.2 Å². The number of fused-ring (bicyclic) bond motifs is 1. The first-order chi connectivity index (χ1) is 5.90. The van der Waals surface area contributed by atoms with Gasteiger partial charge in [-0.1, -0.05) is 25.1 Å². The van der Waals surface area contributed by atoms with Gasteiger partial charge in [-0.15, -0.1) is 0 Å². The molecule has 0 unspecified atom stereocenters. The van der Waals surface area contributed by atoms with Crippen LogP contribution in [0.25, 0.3) is 0 Å². The molecule has 0 bridgehead atoms. The average Bonchev–Trinajstić information content (AvgIpc) is 2.17. The van der Waals surface area contributed by atoms with Crippen LogP contribution in [0.4, 0.5) is 0 Å². The van der Waals surface area contributed by atoms with Gasteiger partial charge in [0.2, 0.25) is 0 Å². The summed E-state index contributed by atoms with van der Waals surface area (Å²) < 4.78 is 0. The maximum Gasteiger partial charge on any atom is 0.0638 e. The zero-order chi connectivity index (χ0) is 8.39. The molecule has 1 aromatic carbocycles. The average molecular weight is 159 g/mol. The molecule has 0 atom stereocenters. The number of benzene rings is 1. The summed E-state index contributed by atoms with van der Waals surface area (Å²) in [5, 5.41) is 0. The fourth-order valence-electron chi connectivity index (χ4n) is 1.57. The summed E-state index contributed by atoms with van der Waals surface area (Å²) in [6, 6.07) is 6.74. The molecule has 0 radical (unpaired) electrons. The van der Waals surface area contributed by atoms with Crippen LogP contribution in [0.2, 0.25) is 0 Å². The number of aliphatic imine (C=N–C) groups is 1. The largest absolute Gasteiger partial charge is 0.292 e. The van der Waals surface area contributed by atoms with Crippen LogP contribution in [-0.4, -0.2) is 6.21 Å². The van der Waals surface area contributed by atoms with Crippen LogP contribution in [0, 0.1) is 0 Å². The summed E-state index contributed by atoms with van der Waals surface area (Å²) in [5.74, 6) is 0. The summed E-state index contributed by atoms with van der Waals surface area (Å²) in [6.45, 7) is 3.07. The highest BCUT2D eigenvalue weighted by Crippen LogP contribution is 2.16. The first-order valence-electron chi connectivity index (χ1n) is 4.49. The van der Waals surface area contributed by atoms with Gasteiger partial charge >= 0.3 is 0 Å². The van der Waals surface area contributed by atoms with E-state index in [4.69, 9.17) is 0 Å². The summed E-state index contributed by atoms with van der Waals surface area (Å²) >= 11 is 0. The number of hydrogen-bond acceptors (Lipinski definition) is 1. The molecule has 0 amide bonds. The minimum atomic E-state index is 0.878. The van der Waals surface area contributed by atoms with Crippen LogP contribution in [0.3, 0.4) is 0 Å². The second-order valence-electron chi connectivity index (χ2n) is 3.18. The van der Waals surface area contributed by atoms with E-state index in [9.17, 15) is 0 Å². The van der Waals surface area contributed by atoms with Crippen molar-refractivity contribution < 1.29 is 0 Å². The van der Waals surface area contributed by atoms with Crippen LogP contribution in [-0.2, 0) is 19.4 Å². The number of hydrogen-bond donors (Lipinski definition) is 0. The van der Waals surface area contributed by atoms with Gasteiger partial charge in [-0.2, -0.15) is 0 Å². The molecule has 0 saturated heterocycles. The Labute approximate surface area is 73.1 Å². The van der Waals surface area contributed by atoms with Crippen molar-refractivity contribution in [3.05, 3.63) is 34.9 Å². The summed E-state index contributed by atoms with van der Waals surface area (Å²) in [4.78, 5) is 4.27. The van der Waals surface area contributed by atoms with Crippen LogP contribution in [0.1, 0.15) is 23.6 Å². The van der Waals surface area contributed by atoms with E-state index in [1.807, 2.05) is 6.21 Å². The number of rotatable bonds is 1. The number of nitrogens with zero attached hydrogens (tertiary/aromatic N) is 1. The van der Waals surface area contributed by atoms with Gasteiger partial charge in [-0.25, -0.2) is 0 Å². The van der Waals surface area contributed by atoms with E-state index in [-0.39, 0.29) is 0 Å². The summed E-state index contributed by atoms with van der Waals surface area (Å²) in [5.41, 5.74) is 4.28. The molecule has 0 spiro atoms. The molecule has 1 heteroatoms. The second-order valence-corrected chi connectivity index (χ2v) is 3.18. The van der Waals surface area contributed by atoms with E-state index >= 15 is 0 Å². The van der Waals surface area contributed by atoms with E-state index in [1.54, 1.807) is 0 Å². The molecule has 1 aliphatic rings. The zero-order valence-corrected chi connectivity index (χ0v) is 7.38. The normalized spacial score (nSPS) is 14.4. The van der Waals surface area contributed by atoms with E-state index in [0.29, 0.717) is 0 Å². The van der Waals surface area contributed by atoms with Crippen molar-refractivity contribution in [1.82, 2.24) is 0 Å². The molecule has 1 heterocycles. The lowest BCUT2D eigenvalue weighted by atomic mass is 9.99. The van der Waals surface area contributed by atoms with Gasteiger partial charge in [0.1, 0.15) is 0 Å². The van der Waals surface area contributed by atoms with Gasteiger partial charge in [0.25, 0.3) is 0 Å². The van der Waals surface area contributed by atoms with E-state index in [0.717, 1.165) is 19.4 Å². The maximum absolute atomic E-state index is 4.27. The molecule has 0 saturated carbocycles. The Morgan fingerprint density at radius 1 is 1.33 bits per heavy atom. The quantitative estimate of drug-likeness (QED) is 0.596. The third-order valence-electron chi connectivity index (χ3n) is 2.38. The van der Waals surface area contributed by atoms with Gasteiger partial charge in [0.15, 0.2) is 0 Å². The highest BCUT2D eigenvalue weighted by atomic mass is 14.7. The smallest absolute Gasteiger partial charge is 0.0638 e. The van der Waals surface area contributed by atoms with Crippen LogP contribution in [0.5, 0.6) is 0 Å². The highest BCUT2D eigenvalue weighted by Gasteiger charge is 2.04. The predicted molar refractivity (Wildman–Crippen MR) is 51.7 cm³/mol. The zero-order valence-electron chi connectivity index (χ0n) is 7.38. The highest BCUT2D eigenvalue weighted by molar-refractivity contribution is 5.64. The fourth-order valence-corrected chi connectivity index (χ4v) is 1.57. The Hall–Kier alpha value is -1.11. The lowest BCUT2D eigenvalue weighted by molar-refractivity contribution is 0.989. The van der Waals surface area contributed by atoms with Gasteiger partial charge < -0.3 is 0 Å². The maximum atomic E-state index is 4.27. The van der Waals surface area contributed by atoms with Gasteiger partial charge in [0, 0.05) is 12.6 Å². The Morgan fingerprint density at radius 2 is 2.25 bits per heavy atom. The Kier molecular flexibility index (Phi) is 1.94. The molecule has 1 nitrogen and oxygen atoms in total.